The summed E-state index contributed by atoms with van der Waals surface area (Å²) < 4.78 is 50.3. The highest BCUT2D eigenvalue weighted by molar-refractivity contribution is 5.69. The summed E-state index contributed by atoms with van der Waals surface area (Å²) in [5, 5.41) is 9.88. The average Bonchev–Trinajstić information content (AvgIpc) is 3.16. The van der Waals surface area contributed by atoms with Gasteiger partial charge in [0.15, 0.2) is 0 Å². The predicted molar refractivity (Wildman–Crippen MR) is 106 cm³/mol. The Morgan fingerprint density at radius 3 is 2.73 bits per heavy atom. The fourth-order valence-corrected chi connectivity index (χ4v) is 2.85. The van der Waals surface area contributed by atoms with E-state index in [9.17, 15) is 18.0 Å². The fourth-order valence-electron chi connectivity index (χ4n) is 2.85. The van der Waals surface area contributed by atoms with Crippen LogP contribution in [0, 0.1) is 0 Å². The maximum absolute atomic E-state index is 13.4. The van der Waals surface area contributed by atoms with Crippen molar-refractivity contribution in [2.45, 2.75) is 25.6 Å². The molecule has 2 N–H and O–H groups in total. The molecule has 1 aromatic carbocycles. The van der Waals surface area contributed by atoms with E-state index < -0.39 is 17.7 Å². The maximum Gasteiger partial charge on any atom is 0.416 e. The molecule has 0 aliphatic carbocycles. The Morgan fingerprint density at radius 1 is 1.30 bits per heavy atom. The van der Waals surface area contributed by atoms with E-state index in [0.717, 1.165) is 30.8 Å². The first kappa shape index (κ1) is 23.7. The lowest BCUT2D eigenvalue weighted by Gasteiger charge is -2.17. The van der Waals surface area contributed by atoms with Crippen molar-refractivity contribution < 1.29 is 27.4 Å². The SMILES string of the molecule is CNCCN(C)Cc1cn[nH]c1-c1cc(OCCCC(=O)OC)cc(C(F)(F)F)c1. The second kappa shape index (κ2) is 11.0. The topological polar surface area (TPSA) is 79.5 Å². The molecule has 30 heavy (non-hydrogen) atoms. The van der Waals surface area contributed by atoms with Crippen LogP contribution in [0.5, 0.6) is 5.75 Å². The molecule has 0 aliphatic rings. The molecule has 0 atom stereocenters. The number of H-pyrrole nitrogens is 1. The molecule has 2 aromatic rings. The molecule has 166 valence electrons. The molecule has 0 radical (unpaired) electrons. The molecule has 1 aromatic heterocycles. The van der Waals surface area contributed by atoms with Crippen molar-refractivity contribution in [1.82, 2.24) is 20.4 Å². The van der Waals surface area contributed by atoms with Gasteiger partial charge in [-0.1, -0.05) is 0 Å². The fraction of sp³-hybridized carbons (Fsp3) is 0.500. The van der Waals surface area contributed by atoms with Crippen LogP contribution in [0.4, 0.5) is 13.2 Å². The van der Waals surface area contributed by atoms with Crippen LogP contribution in [0.2, 0.25) is 0 Å². The van der Waals surface area contributed by atoms with Gasteiger partial charge in [-0.2, -0.15) is 18.3 Å². The van der Waals surface area contributed by atoms with Crippen LogP contribution >= 0.6 is 0 Å². The number of hydrogen-bond donors (Lipinski definition) is 2. The molecule has 7 nitrogen and oxygen atoms in total. The summed E-state index contributed by atoms with van der Waals surface area (Å²) in [4.78, 5) is 13.2. The van der Waals surface area contributed by atoms with Crippen LogP contribution in [-0.2, 0) is 22.3 Å². The normalized spacial score (nSPS) is 11.7. The van der Waals surface area contributed by atoms with E-state index in [1.54, 1.807) is 6.20 Å². The molecule has 0 unspecified atom stereocenters. The van der Waals surface area contributed by atoms with Gasteiger partial charge in [-0.3, -0.25) is 9.89 Å². The van der Waals surface area contributed by atoms with Gasteiger partial charge >= 0.3 is 12.1 Å². The minimum Gasteiger partial charge on any atom is -0.494 e. The van der Waals surface area contributed by atoms with Crippen molar-refractivity contribution >= 4 is 5.97 Å². The largest absolute Gasteiger partial charge is 0.494 e. The molecular weight excluding hydrogens is 401 g/mol. The van der Waals surface area contributed by atoms with Crippen molar-refractivity contribution in [2.75, 3.05) is 40.9 Å². The predicted octanol–water partition coefficient (Wildman–Crippen LogP) is 3.08. The van der Waals surface area contributed by atoms with Gasteiger partial charge in [0.2, 0.25) is 0 Å². The number of carbonyl (C=O) groups excluding carboxylic acids is 1. The molecular formula is C20H27F3N4O3. The Labute approximate surface area is 173 Å². The maximum atomic E-state index is 13.4. The second-order valence-corrected chi connectivity index (χ2v) is 6.88. The van der Waals surface area contributed by atoms with E-state index in [0.29, 0.717) is 24.2 Å². The Kier molecular flexibility index (Phi) is 8.67. The molecule has 0 amide bonds. The van der Waals surface area contributed by atoms with Gasteiger partial charge in [-0.25, -0.2) is 0 Å². The number of aromatic amines is 1. The summed E-state index contributed by atoms with van der Waals surface area (Å²) in [6.07, 6.45) is -2.44. The molecule has 0 fully saturated rings. The van der Waals surface area contributed by atoms with Gasteiger partial charge in [0.1, 0.15) is 5.75 Å². The van der Waals surface area contributed by atoms with Crippen molar-refractivity contribution in [3.05, 3.63) is 35.5 Å². The summed E-state index contributed by atoms with van der Waals surface area (Å²) in [6.45, 7) is 2.19. The van der Waals surface area contributed by atoms with Gasteiger partial charge in [0.05, 0.1) is 31.2 Å². The molecule has 1 heterocycles. The summed E-state index contributed by atoms with van der Waals surface area (Å²) >= 11 is 0. The molecule has 2 rings (SSSR count). The van der Waals surface area contributed by atoms with E-state index in [1.807, 2.05) is 19.0 Å². The highest BCUT2D eigenvalue weighted by Crippen LogP contribution is 2.36. The quantitative estimate of drug-likeness (QED) is 0.423. The third-order valence-corrected chi connectivity index (χ3v) is 4.45. The Bertz CT molecular complexity index is 824. The van der Waals surface area contributed by atoms with Crippen molar-refractivity contribution in [3.63, 3.8) is 0 Å². The minimum atomic E-state index is -4.52. The van der Waals surface area contributed by atoms with Crippen LogP contribution in [0.25, 0.3) is 11.3 Å². The van der Waals surface area contributed by atoms with Crippen molar-refractivity contribution in [2.24, 2.45) is 0 Å². The molecule has 0 bridgehead atoms. The molecule has 0 saturated heterocycles. The van der Waals surface area contributed by atoms with Crippen LogP contribution in [-0.4, -0.2) is 62.0 Å². The zero-order chi connectivity index (χ0) is 22.1. The van der Waals surface area contributed by atoms with Crippen molar-refractivity contribution in [3.8, 4) is 17.0 Å². The summed E-state index contributed by atoms with van der Waals surface area (Å²) in [5.74, 6) is -0.318. The monoisotopic (exact) mass is 428 g/mol. The van der Waals surface area contributed by atoms with E-state index in [-0.39, 0.29) is 18.8 Å². The number of benzene rings is 1. The van der Waals surface area contributed by atoms with Crippen LogP contribution in [0.1, 0.15) is 24.0 Å². The van der Waals surface area contributed by atoms with Crippen molar-refractivity contribution in [1.29, 1.82) is 0 Å². The van der Waals surface area contributed by atoms with E-state index in [1.165, 1.54) is 13.2 Å². The van der Waals surface area contributed by atoms with Crippen LogP contribution in [0.3, 0.4) is 0 Å². The lowest BCUT2D eigenvalue weighted by molar-refractivity contribution is -0.140. The average molecular weight is 428 g/mol. The van der Waals surface area contributed by atoms with E-state index in [2.05, 4.69) is 20.3 Å². The third kappa shape index (κ3) is 7.03. The number of carbonyl (C=O) groups is 1. The van der Waals surface area contributed by atoms with Crippen LogP contribution in [0.15, 0.2) is 24.4 Å². The molecule has 0 spiro atoms. The lowest BCUT2D eigenvalue weighted by atomic mass is 10.0. The smallest absolute Gasteiger partial charge is 0.416 e. The van der Waals surface area contributed by atoms with E-state index in [4.69, 9.17) is 4.74 Å². The first-order valence-electron chi connectivity index (χ1n) is 9.52. The number of alkyl halides is 3. The number of rotatable bonds is 11. The van der Waals surface area contributed by atoms with Gasteiger partial charge in [-0.15, -0.1) is 0 Å². The number of ether oxygens (including phenoxy) is 2. The Morgan fingerprint density at radius 2 is 2.07 bits per heavy atom. The second-order valence-electron chi connectivity index (χ2n) is 6.88. The third-order valence-electron chi connectivity index (χ3n) is 4.45. The summed E-state index contributed by atoms with van der Waals surface area (Å²) in [6, 6.07) is 3.57. The number of esters is 1. The number of halogens is 3. The van der Waals surface area contributed by atoms with Gasteiger partial charge < -0.3 is 19.7 Å². The van der Waals surface area contributed by atoms with Gasteiger partial charge in [0.25, 0.3) is 0 Å². The molecule has 0 saturated carbocycles. The zero-order valence-electron chi connectivity index (χ0n) is 17.3. The number of nitrogens with zero attached hydrogens (tertiary/aromatic N) is 2. The summed E-state index contributed by atoms with van der Waals surface area (Å²) in [7, 11) is 5.06. The molecule has 0 aliphatic heterocycles. The number of nitrogens with one attached hydrogen (secondary N) is 2. The Balaban J connectivity index is 2.23. The first-order valence-corrected chi connectivity index (χ1v) is 9.52. The van der Waals surface area contributed by atoms with E-state index >= 15 is 0 Å². The highest BCUT2D eigenvalue weighted by Gasteiger charge is 2.32. The first-order chi connectivity index (χ1) is 14.2. The number of hydrogen-bond acceptors (Lipinski definition) is 6. The van der Waals surface area contributed by atoms with Gasteiger partial charge in [-0.05, 0) is 38.7 Å². The molecule has 10 heteroatoms. The standard InChI is InChI=1S/C20H27F3N4O3/c1-24-6-7-27(2)13-15-12-25-26-19(15)14-9-16(20(21,22)23)11-17(10-14)30-8-4-5-18(28)29-3/h9-12,24H,4-8,13H2,1-3H3,(H,25,26). The van der Waals surface area contributed by atoms with Gasteiger partial charge in [0, 0.05) is 37.2 Å². The Hall–Kier alpha value is -2.59. The minimum absolute atomic E-state index is 0.0776. The van der Waals surface area contributed by atoms with Crippen LogP contribution < -0.4 is 10.1 Å². The lowest BCUT2D eigenvalue weighted by Crippen LogP contribution is -2.27. The summed E-state index contributed by atoms with van der Waals surface area (Å²) in [5.41, 5.74) is 0.816. The highest BCUT2D eigenvalue weighted by atomic mass is 19.4. The number of likely N-dealkylation sites (N-methyl/N-ethyl adjacent to an activating group) is 2. The number of methoxy groups -OCH3 is 1. The zero-order valence-corrected chi connectivity index (χ0v) is 17.3. The number of aromatic nitrogens is 2.